The van der Waals surface area contributed by atoms with Gasteiger partial charge >= 0.3 is 0 Å². The smallest absolute Gasteiger partial charge is 0.224 e. The zero-order valence-corrected chi connectivity index (χ0v) is 18.0. The molecule has 3 aromatic rings. The summed E-state index contributed by atoms with van der Waals surface area (Å²) in [6.07, 6.45) is 1.25. The number of para-hydroxylation sites is 1. The molecule has 3 aromatic carbocycles. The summed E-state index contributed by atoms with van der Waals surface area (Å²) in [4.78, 5) is 17.1. The van der Waals surface area contributed by atoms with Gasteiger partial charge in [-0.1, -0.05) is 42.5 Å². The molecule has 4 nitrogen and oxygen atoms in total. The van der Waals surface area contributed by atoms with Crippen molar-refractivity contribution >= 4 is 17.3 Å². The number of amides is 1. The second-order valence-corrected chi connectivity index (χ2v) is 8.18. The van der Waals surface area contributed by atoms with Crippen LogP contribution in [0.3, 0.4) is 0 Å². The van der Waals surface area contributed by atoms with E-state index in [0.29, 0.717) is 6.54 Å². The lowest BCUT2D eigenvalue weighted by Gasteiger charge is -2.31. The van der Waals surface area contributed by atoms with Gasteiger partial charge in [0, 0.05) is 38.6 Å². The summed E-state index contributed by atoms with van der Waals surface area (Å²) in [7, 11) is 4.05. The van der Waals surface area contributed by atoms with Crippen LogP contribution in [-0.4, -0.2) is 33.1 Å². The fraction of sp³-hybridized carbons (Fsp3) is 0.269. The number of benzene rings is 3. The maximum Gasteiger partial charge on any atom is 0.224 e. The summed E-state index contributed by atoms with van der Waals surface area (Å²) in [6.45, 7) is 1.43. The van der Waals surface area contributed by atoms with Crippen LogP contribution in [0.15, 0.2) is 72.8 Å². The number of hydrogen-bond donors (Lipinski definition) is 1. The third-order valence-electron chi connectivity index (χ3n) is 5.86. The summed E-state index contributed by atoms with van der Waals surface area (Å²) >= 11 is 0. The Labute approximate surface area is 183 Å². The number of carbonyl (C=O) groups is 1. The minimum atomic E-state index is -0.293. The number of halogens is 1. The average Bonchev–Trinajstić information content (AvgIpc) is 3.20. The fourth-order valence-corrected chi connectivity index (χ4v) is 4.15. The van der Waals surface area contributed by atoms with E-state index in [0.717, 1.165) is 24.2 Å². The lowest BCUT2D eigenvalue weighted by atomic mass is 10.0. The van der Waals surface area contributed by atoms with Crippen LogP contribution in [0.1, 0.15) is 22.7 Å². The van der Waals surface area contributed by atoms with Crippen LogP contribution in [0.5, 0.6) is 0 Å². The van der Waals surface area contributed by atoms with E-state index in [4.69, 9.17) is 0 Å². The molecule has 1 aliphatic heterocycles. The molecule has 31 heavy (non-hydrogen) atoms. The average molecular weight is 418 g/mol. The molecular formula is C26H28FN3O. The van der Waals surface area contributed by atoms with E-state index in [-0.39, 0.29) is 24.2 Å². The molecule has 0 aromatic heterocycles. The van der Waals surface area contributed by atoms with E-state index in [9.17, 15) is 9.18 Å². The summed E-state index contributed by atoms with van der Waals surface area (Å²) in [5, 5.41) is 3.10. The molecule has 1 amide bonds. The summed E-state index contributed by atoms with van der Waals surface area (Å²) in [6, 6.07) is 23.1. The molecule has 0 fully saturated rings. The van der Waals surface area contributed by atoms with Gasteiger partial charge in [-0.15, -0.1) is 0 Å². The van der Waals surface area contributed by atoms with E-state index < -0.39 is 0 Å². The number of anilines is 2. The Morgan fingerprint density at radius 1 is 1.03 bits per heavy atom. The first-order valence-corrected chi connectivity index (χ1v) is 10.6. The Kier molecular flexibility index (Phi) is 6.21. The Bertz CT molecular complexity index is 1030. The molecule has 0 spiro atoms. The first kappa shape index (κ1) is 20.9. The monoisotopic (exact) mass is 417 g/mol. The van der Waals surface area contributed by atoms with Crippen LogP contribution in [0.2, 0.25) is 0 Å². The largest absolute Gasteiger partial charge is 0.378 e. The second-order valence-electron chi connectivity index (χ2n) is 8.18. The molecule has 1 N–H and O–H groups in total. The zero-order valence-electron chi connectivity index (χ0n) is 18.0. The maximum absolute atomic E-state index is 13.1. The Balaban J connectivity index is 1.52. The topological polar surface area (TPSA) is 35.6 Å². The highest BCUT2D eigenvalue weighted by molar-refractivity contribution is 5.78. The molecule has 1 heterocycles. The molecule has 4 rings (SSSR count). The van der Waals surface area contributed by atoms with Crippen molar-refractivity contribution in [2.45, 2.75) is 18.9 Å². The quantitative estimate of drug-likeness (QED) is 0.621. The van der Waals surface area contributed by atoms with Gasteiger partial charge in [-0.05, 0) is 53.4 Å². The number of rotatable bonds is 7. The molecular weight excluding hydrogens is 389 g/mol. The Morgan fingerprint density at radius 3 is 2.45 bits per heavy atom. The van der Waals surface area contributed by atoms with Crippen molar-refractivity contribution < 1.29 is 9.18 Å². The van der Waals surface area contributed by atoms with Crippen molar-refractivity contribution in [1.29, 1.82) is 0 Å². The van der Waals surface area contributed by atoms with Crippen LogP contribution in [0.4, 0.5) is 15.8 Å². The molecule has 0 bridgehead atoms. The lowest BCUT2D eigenvalue weighted by Crippen LogP contribution is -2.38. The van der Waals surface area contributed by atoms with Crippen LogP contribution in [-0.2, 0) is 17.6 Å². The SMILES string of the molecule is CN(C)c1ccc([C@H](CNC(=O)Cc2ccc(F)cc2)N2CCc3ccccc32)cc1. The maximum atomic E-state index is 13.1. The number of hydrogen-bond acceptors (Lipinski definition) is 3. The third kappa shape index (κ3) is 4.88. The molecule has 0 radical (unpaired) electrons. The van der Waals surface area contributed by atoms with Gasteiger partial charge in [-0.25, -0.2) is 4.39 Å². The van der Waals surface area contributed by atoms with Gasteiger partial charge in [-0.2, -0.15) is 0 Å². The van der Waals surface area contributed by atoms with Gasteiger partial charge in [0.1, 0.15) is 5.82 Å². The first-order chi connectivity index (χ1) is 15.0. The highest BCUT2D eigenvalue weighted by Crippen LogP contribution is 2.35. The molecule has 1 aliphatic rings. The van der Waals surface area contributed by atoms with Gasteiger partial charge in [0.15, 0.2) is 0 Å². The second kappa shape index (κ2) is 9.21. The fourth-order valence-electron chi connectivity index (χ4n) is 4.15. The third-order valence-corrected chi connectivity index (χ3v) is 5.86. The minimum absolute atomic E-state index is 0.0389. The van der Waals surface area contributed by atoms with Gasteiger partial charge < -0.3 is 15.1 Å². The summed E-state index contributed by atoms with van der Waals surface area (Å²) < 4.78 is 13.1. The van der Waals surface area contributed by atoms with Crippen LogP contribution in [0, 0.1) is 5.82 Å². The van der Waals surface area contributed by atoms with Gasteiger partial charge in [0.25, 0.3) is 0 Å². The standard InChI is InChI=1S/C26H28FN3O/c1-29(2)23-13-9-21(10-14-23)25(30-16-15-20-5-3-4-6-24(20)30)18-28-26(31)17-19-7-11-22(27)12-8-19/h3-14,25H,15-18H2,1-2H3,(H,28,31)/t25-/m0/s1. The first-order valence-electron chi connectivity index (χ1n) is 10.6. The Hall–Kier alpha value is -3.34. The summed E-state index contributed by atoms with van der Waals surface area (Å²) in [5.41, 5.74) is 5.69. The normalized spacial score (nSPS) is 13.6. The molecule has 0 saturated heterocycles. The highest BCUT2D eigenvalue weighted by Gasteiger charge is 2.27. The summed E-state index contributed by atoms with van der Waals surface area (Å²) in [5.74, 6) is -0.355. The van der Waals surface area contributed by atoms with Crippen molar-refractivity contribution in [2.24, 2.45) is 0 Å². The molecule has 0 saturated carbocycles. The van der Waals surface area contributed by atoms with Crippen molar-refractivity contribution in [3.8, 4) is 0 Å². The zero-order chi connectivity index (χ0) is 21.8. The molecule has 5 heteroatoms. The lowest BCUT2D eigenvalue weighted by molar-refractivity contribution is -0.120. The van der Waals surface area contributed by atoms with E-state index >= 15 is 0 Å². The number of carbonyl (C=O) groups excluding carboxylic acids is 1. The van der Waals surface area contributed by atoms with Gasteiger partial charge in [0.2, 0.25) is 5.91 Å². The predicted octanol–water partition coefficient (Wildman–Crippen LogP) is 4.35. The van der Waals surface area contributed by atoms with E-state index in [1.54, 1.807) is 12.1 Å². The molecule has 1 atom stereocenters. The van der Waals surface area contributed by atoms with E-state index in [1.807, 2.05) is 14.1 Å². The predicted molar refractivity (Wildman–Crippen MR) is 124 cm³/mol. The van der Waals surface area contributed by atoms with Gasteiger partial charge in [0.05, 0.1) is 12.5 Å². The van der Waals surface area contributed by atoms with E-state index in [2.05, 4.69) is 63.6 Å². The van der Waals surface area contributed by atoms with Crippen LogP contribution < -0.4 is 15.1 Å². The number of fused-ring (bicyclic) bond motifs is 1. The van der Waals surface area contributed by atoms with Crippen molar-refractivity contribution in [3.05, 3.63) is 95.3 Å². The van der Waals surface area contributed by atoms with Crippen LogP contribution >= 0.6 is 0 Å². The molecule has 0 aliphatic carbocycles. The minimum Gasteiger partial charge on any atom is -0.378 e. The van der Waals surface area contributed by atoms with Crippen molar-refractivity contribution in [3.63, 3.8) is 0 Å². The van der Waals surface area contributed by atoms with E-state index in [1.165, 1.54) is 28.9 Å². The molecule has 160 valence electrons. The number of nitrogens with one attached hydrogen (secondary N) is 1. The van der Waals surface area contributed by atoms with Crippen molar-refractivity contribution in [2.75, 3.05) is 37.0 Å². The number of nitrogens with zero attached hydrogens (tertiary/aromatic N) is 2. The van der Waals surface area contributed by atoms with Crippen molar-refractivity contribution in [1.82, 2.24) is 5.32 Å². The van der Waals surface area contributed by atoms with Gasteiger partial charge in [-0.3, -0.25) is 4.79 Å². The van der Waals surface area contributed by atoms with Crippen LogP contribution in [0.25, 0.3) is 0 Å². The Morgan fingerprint density at radius 2 is 1.74 bits per heavy atom. The highest BCUT2D eigenvalue weighted by atomic mass is 19.1. The molecule has 0 unspecified atom stereocenters.